The first-order valence-corrected chi connectivity index (χ1v) is 5.82. The fraction of sp³-hybridized carbons (Fsp3) is 0.818. The molecule has 0 aromatic carbocycles. The maximum absolute atomic E-state index is 5.44. The Hall–Kier alpha value is -0.740. The molecule has 1 fully saturated rings. The van der Waals surface area contributed by atoms with Crippen LogP contribution in [0.1, 0.15) is 27.2 Å². The van der Waals surface area contributed by atoms with Gasteiger partial charge in [-0.25, -0.2) is 0 Å². The van der Waals surface area contributed by atoms with Gasteiger partial charge in [-0.3, -0.25) is 5.84 Å². The molecule has 0 amide bonds. The van der Waals surface area contributed by atoms with Gasteiger partial charge >= 0.3 is 0 Å². The molecule has 0 unspecified atom stereocenters. The lowest BCUT2D eigenvalue weighted by atomic mass is 10.1. The summed E-state index contributed by atoms with van der Waals surface area (Å²) in [4.78, 5) is 2.45. The topological polar surface area (TPSA) is 53.3 Å². The van der Waals surface area contributed by atoms with Crippen molar-refractivity contribution in [3.63, 3.8) is 0 Å². The molecule has 0 aromatic heterocycles. The average molecular weight is 212 g/mol. The fourth-order valence-corrected chi connectivity index (χ4v) is 1.84. The lowest BCUT2D eigenvalue weighted by Crippen LogP contribution is -2.32. The van der Waals surface area contributed by atoms with Crippen molar-refractivity contribution in [3.8, 4) is 0 Å². The molecule has 1 aliphatic heterocycles. The lowest BCUT2D eigenvalue weighted by Gasteiger charge is -2.15. The number of nitrogens with one attached hydrogen (secondary N) is 2. The zero-order valence-electron chi connectivity index (χ0n) is 10.1. The van der Waals surface area contributed by atoms with Crippen LogP contribution in [0.25, 0.3) is 0 Å². The van der Waals surface area contributed by atoms with E-state index < -0.39 is 0 Å². The number of nitrogens with two attached hydrogens (primary N) is 1. The quantitative estimate of drug-likeness (QED) is 0.462. The first-order chi connectivity index (χ1) is 7.17. The second-order valence-electron chi connectivity index (χ2n) is 4.44. The second kappa shape index (κ2) is 5.98. The van der Waals surface area contributed by atoms with Crippen LogP contribution in [0.15, 0.2) is 11.9 Å². The normalized spacial score (nSPS) is 23.5. The Balaban J connectivity index is 2.36. The molecule has 4 N–H and O–H groups in total. The lowest BCUT2D eigenvalue weighted by molar-refractivity contribution is 0.349. The van der Waals surface area contributed by atoms with Crippen LogP contribution in [0.5, 0.6) is 0 Å². The highest BCUT2D eigenvalue weighted by Gasteiger charge is 2.19. The molecule has 0 radical (unpaired) electrons. The predicted octanol–water partition coefficient (Wildman–Crippen LogP) is 0.631. The first-order valence-electron chi connectivity index (χ1n) is 5.82. The first kappa shape index (κ1) is 12.3. The zero-order chi connectivity index (χ0) is 11.3. The van der Waals surface area contributed by atoms with E-state index in [0.29, 0.717) is 12.0 Å². The van der Waals surface area contributed by atoms with Crippen molar-refractivity contribution in [1.82, 2.24) is 15.6 Å². The summed E-state index contributed by atoms with van der Waals surface area (Å²) in [5.74, 6) is 5.88. The molecular weight excluding hydrogens is 188 g/mol. The molecule has 1 saturated heterocycles. The third-order valence-corrected chi connectivity index (χ3v) is 2.98. The van der Waals surface area contributed by atoms with Crippen molar-refractivity contribution in [3.05, 3.63) is 11.9 Å². The third kappa shape index (κ3) is 3.72. The second-order valence-corrected chi connectivity index (χ2v) is 4.44. The van der Waals surface area contributed by atoms with Gasteiger partial charge in [0.05, 0.1) is 0 Å². The Kier molecular flexibility index (Phi) is 4.91. The van der Waals surface area contributed by atoms with Gasteiger partial charge in [0.25, 0.3) is 0 Å². The molecule has 15 heavy (non-hydrogen) atoms. The Morgan fingerprint density at radius 2 is 2.33 bits per heavy atom. The number of nitrogens with zero attached hydrogens (tertiary/aromatic N) is 1. The van der Waals surface area contributed by atoms with Crippen LogP contribution < -0.4 is 16.6 Å². The van der Waals surface area contributed by atoms with Crippen molar-refractivity contribution >= 4 is 0 Å². The Labute approximate surface area is 92.9 Å². The van der Waals surface area contributed by atoms with Crippen LogP contribution in [-0.2, 0) is 0 Å². The summed E-state index contributed by atoms with van der Waals surface area (Å²) in [5.41, 5.74) is 3.80. The molecule has 0 spiro atoms. The number of likely N-dealkylation sites (tertiary alicyclic amines) is 1. The zero-order valence-corrected chi connectivity index (χ0v) is 10.1. The van der Waals surface area contributed by atoms with Crippen LogP contribution >= 0.6 is 0 Å². The number of likely N-dealkylation sites (N-methyl/N-ethyl adjacent to an activating group) is 1. The maximum atomic E-state index is 5.44. The largest absolute Gasteiger partial charge is 0.385 e. The van der Waals surface area contributed by atoms with Crippen molar-refractivity contribution < 1.29 is 0 Å². The van der Waals surface area contributed by atoms with E-state index >= 15 is 0 Å². The van der Waals surface area contributed by atoms with E-state index in [1.165, 1.54) is 13.0 Å². The average Bonchev–Trinajstić information content (AvgIpc) is 2.66. The summed E-state index contributed by atoms with van der Waals surface area (Å²) in [6.07, 6.45) is 3.24. The summed E-state index contributed by atoms with van der Waals surface area (Å²) < 4.78 is 0. The Bertz CT molecular complexity index is 213. The summed E-state index contributed by atoms with van der Waals surface area (Å²) in [6, 6.07) is 0.576. The number of rotatable bonds is 5. The number of hydrogen-bond acceptors (Lipinski definition) is 4. The minimum absolute atomic E-state index is 0.436. The maximum Gasteiger partial charge on any atom is 0.0441 e. The molecule has 0 bridgehead atoms. The van der Waals surface area contributed by atoms with Gasteiger partial charge in [0.2, 0.25) is 0 Å². The number of hydrazine groups is 1. The van der Waals surface area contributed by atoms with Crippen molar-refractivity contribution in [2.45, 2.75) is 33.2 Å². The number of hydrogen-bond donors (Lipinski definition) is 3. The van der Waals surface area contributed by atoms with Gasteiger partial charge in [0, 0.05) is 31.0 Å². The highest BCUT2D eigenvalue weighted by molar-refractivity contribution is 5.01. The van der Waals surface area contributed by atoms with Gasteiger partial charge in [-0.05, 0) is 18.9 Å². The van der Waals surface area contributed by atoms with Gasteiger partial charge in [0.1, 0.15) is 0 Å². The van der Waals surface area contributed by atoms with Crippen LogP contribution in [0.4, 0.5) is 0 Å². The van der Waals surface area contributed by atoms with E-state index in [1.54, 1.807) is 0 Å². The smallest absolute Gasteiger partial charge is 0.0441 e. The molecule has 1 rings (SSSR count). The SMILES string of the molecule is CCN1CC[C@@H](N/C=C(\NN)C(C)C)C1. The van der Waals surface area contributed by atoms with E-state index in [1.807, 2.05) is 6.20 Å². The minimum Gasteiger partial charge on any atom is -0.385 e. The Morgan fingerprint density at radius 3 is 2.80 bits per heavy atom. The minimum atomic E-state index is 0.436. The molecule has 0 aromatic rings. The van der Waals surface area contributed by atoms with Gasteiger partial charge < -0.3 is 15.6 Å². The molecule has 0 saturated carbocycles. The molecule has 0 aliphatic carbocycles. The summed E-state index contributed by atoms with van der Waals surface area (Å²) in [5, 5.41) is 3.43. The van der Waals surface area contributed by atoms with Crippen molar-refractivity contribution in [1.29, 1.82) is 0 Å². The van der Waals surface area contributed by atoms with Crippen molar-refractivity contribution in [2.24, 2.45) is 11.8 Å². The fourth-order valence-electron chi connectivity index (χ4n) is 1.84. The molecular formula is C11H24N4. The van der Waals surface area contributed by atoms with Crippen LogP contribution in [0.3, 0.4) is 0 Å². The Morgan fingerprint density at radius 1 is 1.60 bits per heavy atom. The number of allylic oxidation sites excluding steroid dienone is 1. The van der Waals surface area contributed by atoms with E-state index in [4.69, 9.17) is 5.84 Å². The molecule has 1 heterocycles. The van der Waals surface area contributed by atoms with E-state index in [9.17, 15) is 0 Å². The van der Waals surface area contributed by atoms with Gasteiger partial charge in [-0.1, -0.05) is 20.8 Å². The van der Waals surface area contributed by atoms with Gasteiger partial charge in [-0.15, -0.1) is 0 Å². The summed E-state index contributed by atoms with van der Waals surface area (Å²) >= 11 is 0. The standard InChI is InChI=1S/C11H24N4/c1-4-15-6-5-10(8-15)13-7-11(14-12)9(2)3/h7,9-10,13-14H,4-6,8,12H2,1-3H3/b11-7-/t10-/m1/s1. The van der Waals surface area contributed by atoms with Crippen LogP contribution in [0, 0.1) is 5.92 Å². The van der Waals surface area contributed by atoms with Crippen LogP contribution in [-0.4, -0.2) is 30.6 Å². The molecule has 88 valence electrons. The van der Waals surface area contributed by atoms with Gasteiger partial charge in [0.15, 0.2) is 0 Å². The summed E-state index contributed by atoms with van der Waals surface area (Å²) in [7, 11) is 0. The molecule has 4 nitrogen and oxygen atoms in total. The molecule has 1 atom stereocenters. The van der Waals surface area contributed by atoms with Gasteiger partial charge in [-0.2, -0.15) is 0 Å². The third-order valence-electron chi connectivity index (χ3n) is 2.98. The molecule has 1 aliphatic rings. The highest BCUT2D eigenvalue weighted by atomic mass is 15.2. The van der Waals surface area contributed by atoms with Crippen molar-refractivity contribution in [2.75, 3.05) is 19.6 Å². The molecule has 4 heteroatoms. The highest BCUT2D eigenvalue weighted by Crippen LogP contribution is 2.09. The summed E-state index contributed by atoms with van der Waals surface area (Å²) in [6.45, 7) is 9.95. The van der Waals surface area contributed by atoms with E-state index in [-0.39, 0.29) is 0 Å². The van der Waals surface area contributed by atoms with Crippen LogP contribution in [0.2, 0.25) is 0 Å². The van der Waals surface area contributed by atoms with E-state index in [2.05, 4.69) is 36.4 Å². The van der Waals surface area contributed by atoms with E-state index in [0.717, 1.165) is 18.8 Å². The predicted molar refractivity (Wildman–Crippen MR) is 63.9 cm³/mol. The monoisotopic (exact) mass is 212 g/mol.